The number of carbonyl (C=O) groups excluding carboxylic acids is 1. The second-order valence-corrected chi connectivity index (χ2v) is 5.25. The lowest BCUT2D eigenvalue weighted by atomic mass is 10.3. The summed E-state index contributed by atoms with van der Waals surface area (Å²) in [6, 6.07) is 4.53. The molecular weight excluding hydrogens is 280 g/mol. The summed E-state index contributed by atoms with van der Waals surface area (Å²) in [5.74, 6) is 2.85. The summed E-state index contributed by atoms with van der Waals surface area (Å²) in [7, 11) is -0.648. The van der Waals surface area contributed by atoms with E-state index in [0.717, 1.165) is 6.29 Å². The maximum atomic E-state index is 11.6. The van der Waals surface area contributed by atoms with Crippen molar-refractivity contribution in [3.8, 4) is 18.1 Å². The molecule has 0 aliphatic heterocycles. The Morgan fingerprint density at radius 2 is 2.05 bits per heavy atom. The minimum Gasteiger partial charge on any atom is -0.495 e. The molecular formula is C13H18N2O4S. The van der Waals surface area contributed by atoms with Gasteiger partial charge in [-0.2, -0.15) is 0 Å². The van der Waals surface area contributed by atoms with E-state index in [1.54, 1.807) is 6.07 Å². The Morgan fingerprint density at radius 3 is 2.50 bits per heavy atom. The summed E-state index contributed by atoms with van der Waals surface area (Å²) >= 11 is 0. The second-order valence-electron chi connectivity index (χ2n) is 3.36. The van der Waals surface area contributed by atoms with E-state index >= 15 is 0 Å². The van der Waals surface area contributed by atoms with Crippen LogP contribution in [0.1, 0.15) is 6.92 Å². The zero-order valence-electron chi connectivity index (χ0n) is 11.6. The first kappa shape index (κ1) is 18.0. The average molecular weight is 298 g/mol. The Hall–Kier alpha value is -2.04. The van der Waals surface area contributed by atoms with Crippen LogP contribution in [0.4, 0.5) is 5.69 Å². The van der Waals surface area contributed by atoms with Crippen LogP contribution >= 0.6 is 0 Å². The molecule has 0 aliphatic rings. The number of carbonyl (C=O) groups is 1. The smallest absolute Gasteiger partial charge is 0.240 e. The van der Waals surface area contributed by atoms with E-state index in [-0.39, 0.29) is 4.90 Å². The number of terminal acetylenes is 1. The van der Waals surface area contributed by atoms with E-state index in [4.69, 9.17) is 16.0 Å². The van der Waals surface area contributed by atoms with E-state index in [9.17, 15) is 8.42 Å². The number of anilines is 1. The van der Waals surface area contributed by atoms with Crippen LogP contribution in [0.5, 0.6) is 5.75 Å². The van der Waals surface area contributed by atoms with Gasteiger partial charge in [-0.3, -0.25) is 0 Å². The number of hydrogen-bond donors (Lipinski definition) is 2. The summed E-state index contributed by atoms with van der Waals surface area (Å²) in [4.78, 5) is 8.95. The number of methoxy groups -OCH3 is 1. The molecule has 0 radical (unpaired) electrons. The van der Waals surface area contributed by atoms with Gasteiger partial charge in [0.15, 0.2) is 0 Å². The molecule has 0 heterocycles. The Labute approximate surface area is 119 Å². The molecule has 0 unspecified atom stereocenters. The predicted octanol–water partition coefficient (Wildman–Crippen LogP) is 0.854. The maximum Gasteiger partial charge on any atom is 0.240 e. The summed E-state index contributed by atoms with van der Waals surface area (Å²) in [6.07, 6.45) is 5.88. The first-order valence-corrected chi connectivity index (χ1v) is 7.13. The van der Waals surface area contributed by atoms with E-state index in [2.05, 4.69) is 16.0 Å². The zero-order chi connectivity index (χ0) is 15.6. The van der Waals surface area contributed by atoms with Crippen molar-refractivity contribution in [2.75, 3.05) is 26.0 Å². The molecule has 0 saturated carbocycles. The first-order chi connectivity index (χ1) is 9.46. The Morgan fingerprint density at radius 1 is 1.45 bits per heavy atom. The van der Waals surface area contributed by atoms with Crippen LogP contribution in [-0.4, -0.2) is 35.4 Å². The van der Waals surface area contributed by atoms with Crippen molar-refractivity contribution in [1.82, 2.24) is 4.72 Å². The minimum atomic E-state index is -3.47. The summed E-state index contributed by atoms with van der Waals surface area (Å²) in [6.45, 7) is 1.79. The lowest BCUT2D eigenvalue weighted by Gasteiger charge is -2.11. The molecule has 2 N–H and O–H groups in total. The van der Waals surface area contributed by atoms with Crippen LogP contribution < -0.4 is 14.8 Å². The standard InChI is InChI=1S/C11H14N2O3S.C2H4O/c1-4-7-13-10-6-5-9(8-11(10)16-3)17(14,15)12-2;1-2-3/h1,5-6,8,12-13H,7H2,2-3H3;2H,1H3. The average Bonchev–Trinajstić information content (AvgIpc) is 2.45. The highest BCUT2D eigenvalue weighted by atomic mass is 32.2. The lowest BCUT2D eigenvalue weighted by molar-refractivity contribution is -0.106. The van der Waals surface area contributed by atoms with Gasteiger partial charge < -0.3 is 14.8 Å². The van der Waals surface area contributed by atoms with Gasteiger partial charge in [-0.15, -0.1) is 6.42 Å². The van der Waals surface area contributed by atoms with Crippen LogP contribution in [0.15, 0.2) is 23.1 Å². The van der Waals surface area contributed by atoms with Crippen molar-refractivity contribution in [3.63, 3.8) is 0 Å². The van der Waals surface area contributed by atoms with Gasteiger partial charge >= 0.3 is 0 Å². The summed E-state index contributed by atoms with van der Waals surface area (Å²) in [5, 5.41) is 2.93. The van der Waals surface area contributed by atoms with Crippen molar-refractivity contribution < 1.29 is 17.9 Å². The highest BCUT2D eigenvalue weighted by Crippen LogP contribution is 2.27. The number of rotatable bonds is 5. The quantitative estimate of drug-likeness (QED) is 0.622. The number of aldehydes is 1. The normalized spacial score (nSPS) is 9.70. The molecule has 20 heavy (non-hydrogen) atoms. The molecule has 1 aromatic rings. The topological polar surface area (TPSA) is 84.5 Å². The molecule has 0 spiro atoms. The molecule has 0 aromatic heterocycles. The SMILES string of the molecule is C#CCNc1ccc(S(=O)(=O)NC)cc1OC.CC=O. The molecule has 0 fully saturated rings. The van der Waals surface area contributed by atoms with Crippen molar-refractivity contribution in [1.29, 1.82) is 0 Å². The first-order valence-electron chi connectivity index (χ1n) is 5.65. The third-order valence-corrected chi connectivity index (χ3v) is 3.54. The van der Waals surface area contributed by atoms with Gasteiger partial charge in [0.1, 0.15) is 12.0 Å². The number of sulfonamides is 1. The Kier molecular flexibility index (Phi) is 8.04. The van der Waals surface area contributed by atoms with Crippen LogP contribution in [0.3, 0.4) is 0 Å². The number of nitrogens with one attached hydrogen (secondary N) is 2. The van der Waals surface area contributed by atoms with Crippen molar-refractivity contribution >= 4 is 22.0 Å². The van der Waals surface area contributed by atoms with E-state index < -0.39 is 10.0 Å². The molecule has 110 valence electrons. The third-order valence-electron chi connectivity index (χ3n) is 2.13. The Balaban J connectivity index is 0.00000110. The van der Waals surface area contributed by atoms with Crippen molar-refractivity contribution in [2.45, 2.75) is 11.8 Å². The molecule has 1 aromatic carbocycles. The molecule has 7 heteroatoms. The van der Waals surface area contributed by atoms with Gasteiger partial charge in [0, 0.05) is 6.07 Å². The van der Waals surface area contributed by atoms with Crippen molar-refractivity contribution in [2.24, 2.45) is 0 Å². The Bertz CT molecular complexity index is 577. The van der Waals surface area contributed by atoms with E-state index in [1.165, 1.54) is 33.2 Å². The third kappa shape index (κ3) is 5.30. The fraction of sp³-hybridized carbons (Fsp3) is 0.308. The fourth-order valence-electron chi connectivity index (χ4n) is 1.25. The minimum absolute atomic E-state index is 0.142. The van der Waals surface area contributed by atoms with Crippen LogP contribution in [-0.2, 0) is 14.8 Å². The molecule has 1 rings (SSSR count). The molecule has 0 bridgehead atoms. The zero-order valence-corrected chi connectivity index (χ0v) is 12.5. The summed E-state index contributed by atoms with van der Waals surface area (Å²) < 4.78 is 30.5. The molecule has 0 amide bonds. The van der Waals surface area contributed by atoms with Gasteiger partial charge in [-0.25, -0.2) is 13.1 Å². The van der Waals surface area contributed by atoms with Crippen LogP contribution in [0.25, 0.3) is 0 Å². The van der Waals surface area contributed by atoms with E-state index in [0.29, 0.717) is 18.0 Å². The molecule has 0 atom stereocenters. The number of ether oxygens (including phenoxy) is 1. The molecule has 0 saturated heterocycles. The number of benzene rings is 1. The molecule has 6 nitrogen and oxygen atoms in total. The summed E-state index contributed by atoms with van der Waals surface area (Å²) in [5.41, 5.74) is 0.653. The monoisotopic (exact) mass is 298 g/mol. The van der Waals surface area contributed by atoms with Gasteiger partial charge in [-0.05, 0) is 26.1 Å². The molecule has 0 aliphatic carbocycles. The highest BCUT2D eigenvalue weighted by Gasteiger charge is 2.14. The predicted molar refractivity (Wildman–Crippen MR) is 78.3 cm³/mol. The van der Waals surface area contributed by atoms with Gasteiger partial charge in [0.25, 0.3) is 0 Å². The fourth-order valence-corrected chi connectivity index (χ4v) is 1.99. The van der Waals surface area contributed by atoms with E-state index in [1.807, 2.05) is 0 Å². The van der Waals surface area contributed by atoms with Crippen LogP contribution in [0.2, 0.25) is 0 Å². The van der Waals surface area contributed by atoms with Crippen molar-refractivity contribution in [3.05, 3.63) is 18.2 Å². The maximum absolute atomic E-state index is 11.6. The van der Waals surface area contributed by atoms with Gasteiger partial charge in [-0.1, -0.05) is 5.92 Å². The largest absolute Gasteiger partial charge is 0.495 e. The lowest BCUT2D eigenvalue weighted by Crippen LogP contribution is -2.18. The van der Waals surface area contributed by atoms with Crippen LogP contribution in [0, 0.1) is 12.3 Å². The highest BCUT2D eigenvalue weighted by molar-refractivity contribution is 7.89. The van der Waals surface area contributed by atoms with Gasteiger partial charge in [0.2, 0.25) is 10.0 Å². The number of hydrogen-bond acceptors (Lipinski definition) is 5. The van der Waals surface area contributed by atoms with Gasteiger partial charge in [0.05, 0.1) is 24.2 Å². The second kappa shape index (κ2) is 8.96.